The van der Waals surface area contributed by atoms with Crippen LogP contribution in [-0.2, 0) is 6.42 Å². The van der Waals surface area contributed by atoms with Crippen molar-refractivity contribution < 1.29 is 9.21 Å². The topological polar surface area (TPSA) is 78.9 Å². The average Bonchev–Trinajstić information content (AvgIpc) is 2.91. The summed E-state index contributed by atoms with van der Waals surface area (Å²) in [5, 5.41) is 11.5. The monoisotopic (exact) mass is 255 g/mol. The van der Waals surface area contributed by atoms with Crippen LogP contribution in [0.25, 0.3) is 0 Å². The number of rotatable bonds is 4. The van der Waals surface area contributed by atoms with Crippen LogP contribution < -0.4 is 5.32 Å². The highest BCUT2D eigenvalue weighted by atomic mass is 16.3. The zero-order chi connectivity index (χ0) is 13.7. The van der Waals surface area contributed by atoms with Gasteiger partial charge in [0, 0.05) is 18.7 Å². The molecule has 5 heteroatoms. The lowest BCUT2D eigenvalue weighted by molar-refractivity contribution is 0.0934. The number of nitriles is 1. The van der Waals surface area contributed by atoms with Crippen LogP contribution in [0.3, 0.4) is 0 Å². The molecule has 2 aromatic rings. The molecule has 0 spiro atoms. The molecule has 0 bridgehead atoms. The Balaban J connectivity index is 1.94. The second-order valence-electron chi connectivity index (χ2n) is 4.20. The molecule has 0 aliphatic heterocycles. The molecule has 0 saturated heterocycles. The number of aromatic nitrogens is 1. The predicted molar refractivity (Wildman–Crippen MR) is 68.3 cm³/mol. The number of furan rings is 1. The summed E-state index contributed by atoms with van der Waals surface area (Å²) in [6.45, 7) is 1.89. The van der Waals surface area contributed by atoms with E-state index in [1.54, 1.807) is 12.3 Å². The number of nitrogens with one attached hydrogen (secondary N) is 1. The van der Waals surface area contributed by atoms with E-state index in [1.165, 1.54) is 12.3 Å². The molecule has 5 nitrogen and oxygen atoms in total. The maximum absolute atomic E-state index is 11.9. The molecule has 0 radical (unpaired) electrons. The molecule has 0 aromatic carbocycles. The van der Waals surface area contributed by atoms with Crippen molar-refractivity contribution in [2.75, 3.05) is 0 Å². The van der Waals surface area contributed by atoms with E-state index in [0.29, 0.717) is 17.7 Å². The Morgan fingerprint density at radius 1 is 1.53 bits per heavy atom. The molecule has 0 fully saturated rings. The van der Waals surface area contributed by atoms with Crippen LogP contribution >= 0.6 is 0 Å². The Morgan fingerprint density at radius 3 is 2.95 bits per heavy atom. The summed E-state index contributed by atoms with van der Waals surface area (Å²) in [4.78, 5) is 15.8. The van der Waals surface area contributed by atoms with Crippen molar-refractivity contribution in [2.45, 2.75) is 19.4 Å². The Bertz CT molecular complexity index is 582. The maximum atomic E-state index is 11.9. The highest BCUT2D eigenvalue weighted by molar-refractivity contribution is 5.92. The first-order chi connectivity index (χ1) is 9.19. The van der Waals surface area contributed by atoms with Gasteiger partial charge >= 0.3 is 0 Å². The van der Waals surface area contributed by atoms with Gasteiger partial charge in [0.25, 0.3) is 5.91 Å². The van der Waals surface area contributed by atoms with E-state index >= 15 is 0 Å². The van der Waals surface area contributed by atoms with Gasteiger partial charge in [-0.25, -0.2) is 4.98 Å². The van der Waals surface area contributed by atoms with Crippen molar-refractivity contribution in [3.63, 3.8) is 0 Å². The van der Waals surface area contributed by atoms with E-state index in [4.69, 9.17) is 9.68 Å². The molecule has 1 N–H and O–H groups in total. The minimum atomic E-state index is -0.261. The van der Waals surface area contributed by atoms with Gasteiger partial charge in [0.05, 0.1) is 11.8 Å². The third kappa shape index (κ3) is 3.42. The van der Waals surface area contributed by atoms with Gasteiger partial charge in [0.15, 0.2) is 0 Å². The first-order valence-electron chi connectivity index (χ1n) is 5.88. The van der Waals surface area contributed by atoms with Crippen molar-refractivity contribution in [2.24, 2.45) is 0 Å². The molecule has 2 aromatic heterocycles. The van der Waals surface area contributed by atoms with Crippen molar-refractivity contribution >= 4 is 5.91 Å². The molecule has 0 aliphatic carbocycles. The third-order valence-corrected chi connectivity index (χ3v) is 2.59. The second kappa shape index (κ2) is 5.83. The zero-order valence-corrected chi connectivity index (χ0v) is 10.5. The lowest BCUT2D eigenvalue weighted by atomic mass is 10.2. The normalized spacial score (nSPS) is 11.6. The van der Waals surface area contributed by atoms with Crippen LogP contribution in [-0.4, -0.2) is 16.9 Å². The highest BCUT2D eigenvalue weighted by Crippen LogP contribution is 2.05. The molecule has 0 saturated carbocycles. The first kappa shape index (κ1) is 12.8. The smallest absolute Gasteiger partial charge is 0.270 e. The summed E-state index contributed by atoms with van der Waals surface area (Å²) in [6.07, 6.45) is 3.60. The Kier molecular flexibility index (Phi) is 3.94. The van der Waals surface area contributed by atoms with Gasteiger partial charge in [-0.15, -0.1) is 0 Å². The lowest BCUT2D eigenvalue weighted by Gasteiger charge is -2.11. The Morgan fingerprint density at radius 2 is 2.37 bits per heavy atom. The average molecular weight is 255 g/mol. The standard InChI is InChI=1S/C14H13N3O2/c1-10(7-12-3-2-6-19-12)17-14(18)13-5-4-11(8-15)9-16-13/h2-6,9-10H,7H2,1H3,(H,17,18). The molecule has 19 heavy (non-hydrogen) atoms. The number of nitrogens with zero attached hydrogens (tertiary/aromatic N) is 2. The SMILES string of the molecule is CC(Cc1ccco1)NC(=O)c1ccc(C#N)cn1. The number of carbonyl (C=O) groups is 1. The molecule has 0 aliphatic rings. The number of pyridine rings is 1. The summed E-state index contributed by atoms with van der Waals surface area (Å²) in [5.41, 5.74) is 0.727. The molecule has 1 unspecified atom stereocenters. The van der Waals surface area contributed by atoms with E-state index in [9.17, 15) is 4.79 Å². The van der Waals surface area contributed by atoms with Crippen LogP contribution in [0.5, 0.6) is 0 Å². The van der Waals surface area contributed by atoms with E-state index in [-0.39, 0.29) is 11.9 Å². The van der Waals surface area contributed by atoms with Gasteiger partial charge < -0.3 is 9.73 Å². The number of amides is 1. The van der Waals surface area contributed by atoms with Gasteiger partial charge in [-0.05, 0) is 31.2 Å². The van der Waals surface area contributed by atoms with Gasteiger partial charge in [0.1, 0.15) is 17.5 Å². The summed E-state index contributed by atoms with van der Waals surface area (Å²) >= 11 is 0. The van der Waals surface area contributed by atoms with Gasteiger partial charge in [-0.3, -0.25) is 4.79 Å². The summed E-state index contributed by atoms with van der Waals surface area (Å²) in [7, 11) is 0. The number of hydrogen-bond donors (Lipinski definition) is 1. The largest absolute Gasteiger partial charge is 0.469 e. The fraction of sp³-hybridized carbons (Fsp3) is 0.214. The van der Waals surface area contributed by atoms with Crippen LogP contribution in [0.15, 0.2) is 41.1 Å². The minimum Gasteiger partial charge on any atom is -0.469 e. The molecule has 96 valence electrons. The van der Waals surface area contributed by atoms with Gasteiger partial charge in [-0.1, -0.05) is 0 Å². The maximum Gasteiger partial charge on any atom is 0.270 e. The summed E-state index contributed by atoms with van der Waals surface area (Å²) in [6, 6.07) is 8.68. The predicted octanol–water partition coefficient (Wildman–Crippen LogP) is 1.91. The fourth-order valence-electron chi connectivity index (χ4n) is 1.67. The van der Waals surface area contributed by atoms with E-state index in [1.807, 2.05) is 25.1 Å². The van der Waals surface area contributed by atoms with Crippen LogP contribution in [0.1, 0.15) is 28.7 Å². The molecule has 2 rings (SSSR count). The Labute approximate surface area is 110 Å². The lowest BCUT2D eigenvalue weighted by Crippen LogP contribution is -2.34. The number of carbonyl (C=O) groups excluding carboxylic acids is 1. The molecular weight excluding hydrogens is 242 g/mol. The summed E-state index contributed by atoms with van der Waals surface area (Å²) < 4.78 is 5.22. The fourth-order valence-corrected chi connectivity index (χ4v) is 1.67. The molecular formula is C14H13N3O2. The molecule has 1 amide bonds. The second-order valence-corrected chi connectivity index (χ2v) is 4.20. The quantitative estimate of drug-likeness (QED) is 0.905. The van der Waals surface area contributed by atoms with Crippen molar-refractivity contribution in [1.29, 1.82) is 5.26 Å². The zero-order valence-electron chi connectivity index (χ0n) is 10.5. The highest BCUT2D eigenvalue weighted by Gasteiger charge is 2.12. The third-order valence-electron chi connectivity index (χ3n) is 2.59. The molecule has 1 atom stereocenters. The van der Waals surface area contributed by atoms with Crippen molar-refractivity contribution in [3.05, 3.63) is 53.7 Å². The van der Waals surface area contributed by atoms with Crippen LogP contribution in [0.4, 0.5) is 0 Å². The van der Waals surface area contributed by atoms with Gasteiger partial charge in [0.2, 0.25) is 0 Å². The van der Waals surface area contributed by atoms with Crippen LogP contribution in [0.2, 0.25) is 0 Å². The van der Waals surface area contributed by atoms with E-state index in [2.05, 4.69) is 10.3 Å². The van der Waals surface area contributed by atoms with Gasteiger partial charge in [-0.2, -0.15) is 5.26 Å². The minimum absolute atomic E-state index is 0.0592. The molecule has 2 heterocycles. The van der Waals surface area contributed by atoms with Crippen molar-refractivity contribution in [1.82, 2.24) is 10.3 Å². The summed E-state index contributed by atoms with van der Waals surface area (Å²) in [5.74, 6) is 0.559. The van der Waals surface area contributed by atoms with E-state index < -0.39 is 0 Å². The van der Waals surface area contributed by atoms with Crippen LogP contribution in [0, 0.1) is 11.3 Å². The van der Waals surface area contributed by atoms with E-state index in [0.717, 1.165) is 5.76 Å². The number of hydrogen-bond acceptors (Lipinski definition) is 4. The van der Waals surface area contributed by atoms with Crippen molar-refractivity contribution in [3.8, 4) is 6.07 Å². The first-order valence-corrected chi connectivity index (χ1v) is 5.88. The Hall–Kier alpha value is -2.61.